The number of likely N-dealkylation sites (N-methyl/N-ethyl adjacent to an activating group) is 1. The number of nitrogen functional groups attached to an aromatic ring is 1. The predicted molar refractivity (Wildman–Crippen MR) is 74.6 cm³/mol. The Morgan fingerprint density at radius 3 is 2.72 bits per heavy atom. The molecule has 0 bridgehead atoms. The van der Waals surface area contributed by atoms with Gasteiger partial charge in [-0.05, 0) is 31.7 Å². The van der Waals surface area contributed by atoms with Crippen molar-refractivity contribution in [3.8, 4) is 0 Å². The summed E-state index contributed by atoms with van der Waals surface area (Å²) >= 11 is 0. The number of benzene rings is 1. The maximum atomic E-state index is 5.79. The highest BCUT2D eigenvalue weighted by atomic mass is 16.5. The summed E-state index contributed by atoms with van der Waals surface area (Å²) in [6.45, 7) is 5.07. The molecule has 1 unspecified atom stereocenters. The normalized spacial score (nSPS) is 12.9. The van der Waals surface area contributed by atoms with E-state index in [-0.39, 0.29) is 0 Å². The van der Waals surface area contributed by atoms with Crippen LogP contribution in [0.5, 0.6) is 0 Å². The quantitative estimate of drug-likeness (QED) is 0.567. The molecule has 4 nitrogen and oxygen atoms in total. The predicted octanol–water partition coefficient (Wildman–Crippen LogP) is 1.92. The molecule has 2 N–H and O–H groups in total. The minimum Gasteiger partial charge on any atom is -0.399 e. The summed E-state index contributed by atoms with van der Waals surface area (Å²) < 4.78 is 10.4. The van der Waals surface area contributed by atoms with Crippen molar-refractivity contribution in [2.45, 2.75) is 13.0 Å². The lowest BCUT2D eigenvalue weighted by molar-refractivity contribution is 0.0559. The lowest BCUT2D eigenvalue weighted by Gasteiger charge is -2.25. The number of nitrogens with two attached hydrogens (primary N) is 1. The van der Waals surface area contributed by atoms with Gasteiger partial charge in [0.25, 0.3) is 0 Å². The van der Waals surface area contributed by atoms with E-state index < -0.39 is 0 Å². The first kappa shape index (κ1) is 15.0. The van der Waals surface area contributed by atoms with Gasteiger partial charge in [0.1, 0.15) is 0 Å². The van der Waals surface area contributed by atoms with Crippen molar-refractivity contribution in [3.05, 3.63) is 29.8 Å². The number of ether oxygens (including phenoxy) is 2. The van der Waals surface area contributed by atoms with Gasteiger partial charge in [-0.3, -0.25) is 4.90 Å². The Morgan fingerprint density at radius 1 is 1.28 bits per heavy atom. The van der Waals surface area contributed by atoms with Crippen molar-refractivity contribution in [2.75, 3.05) is 46.3 Å². The average molecular weight is 252 g/mol. The molecule has 1 atom stereocenters. The minimum atomic E-state index is 0.333. The molecule has 0 radical (unpaired) electrons. The fourth-order valence-electron chi connectivity index (χ4n) is 1.72. The number of hydrogen-bond donors (Lipinski definition) is 1. The van der Waals surface area contributed by atoms with E-state index in [1.165, 1.54) is 5.56 Å². The molecule has 0 aliphatic heterocycles. The van der Waals surface area contributed by atoms with Gasteiger partial charge in [-0.15, -0.1) is 0 Å². The standard InChI is InChI=1S/C14H24N2O2/c1-12(13-5-4-6-14(15)11-13)16(2)7-8-18-10-9-17-3/h4-6,11-12H,7-10,15H2,1-3H3. The number of hydrogen-bond acceptors (Lipinski definition) is 4. The third kappa shape index (κ3) is 5.04. The molecule has 0 amide bonds. The van der Waals surface area contributed by atoms with Crippen LogP contribution in [0, 0.1) is 0 Å². The van der Waals surface area contributed by atoms with Crippen LogP contribution in [0.2, 0.25) is 0 Å². The van der Waals surface area contributed by atoms with Gasteiger partial charge in [-0.1, -0.05) is 12.1 Å². The monoisotopic (exact) mass is 252 g/mol. The van der Waals surface area contributed by atoms with Gasteiger partial charge in [0.15, 0.2) is 0 Å². The van der Waals surface area contributed by atoms with E-state index in [2.05, 4.69) is 24.9 Å². The first-order chi connectivity index (χ1) is 8.65. The van der Waals surface area contributed by atoms with Gasteiger partial charge in [0.05, 0.1) is 19.8 Å². The largest absolute Gasteiger partial charge is 0.399 e. The molecule has 0 aliphatic carbocycles. The SMILES string of the molecule is COCCOCCN(C)C(C)c1cccc(N)c1. The van der Waals surface area contributed by atoms with Gasteiger partial charge < -0.3 is 15.2 Å². The number of methoxy groups -OCH3 is 1. The van der Waals surface area contributed by atoms with Crippen LogP contribution in [0.3, 0.4) is 0 Å². The highest BCUT2D eigenvalue weighted by Crippen LogP contribution is 2.20. The lowest BCUT2D eigenvalue weighted by atomic mass is 10.1. The Bertz CT molecular complexity index is 344. The van der Waals surface area contributed by atoms with E-state index >= 15 is 0 Å². The zero-order valence-electron chi connectivity index (χ0n) is 11.6. The van der Waals surface area contributed by atoms with Crippen molar-refractivity contribution in [1.82, 2.24) is 4.90 Å². The van der Waals surface area contributed by atoms with Crippen LogP contribution in [-0.2, 0) is 9.47 Å². The molecule has 0 fully saturated rings. The topological polar surface area (TPSA) is 47.7 Å². The molecule has 102 valence electrons. The number of rotatable bonds is 8. The average Bonchev–Trinajstić information content (AvgIpc) is 2.37. The van der Waals surface area contributed by atoms with E-state index in [0.717, 1.165) is 12.2 Å². The second-order valence-corrected chi connectivity index (χ2v) is 4.43. The van der Waals surface area contributed by atoms with Crippen LogP contribution in [0.1, 0.15) is 18.5 Å². The zero-order valence-corrected chi connectivity index (χ0v) is 11.6. The van der Waals surface area contributed by atoms with Gasteiger partial charge in [-0.2, -0.15) is 0 Å². The van der Waals surface area contributed by atoms with Crippen molar-refractivity contribution >= 4 is 5.69 Å². The summed E-state index contributed by atoms with van der Waals surface area (Å²) in [5, 5.41) is 0. The van der Waals surface area contributed by atoms with Crippen molar-refractivity contribution < 1.29 is 9.47 Å². The van der Waals surface area contributed by atoms with Crippen molar-refractivity contribution in [3.63, 3.8) is 0 Å². The summed E-state index contributed by atoms with van der Waals surface area (Å²) in [4.78, 5) is 2.25. The molecular weight excluding hydrogens is 228 g/mol. The molecule has 1 rings (SSSR count). The molecular formula is C14H24N2O2. The first-order valence-corrected chi connectivity index (χ1v) is 6.27. The zero-order chi connectivity index (χ0) is 13.4. The van der Waals surface area contributed by atoms with Gasteiger partial charge in [0, 0.05) is 25.4 Å². The minimum absolute atomic E-state index is 0.333. The molecule has 0 saturated heterocycles. The highest BCUT2D eigenvalue weighted by molar-refractivity contribution is 5.41. The second-order valence-electron chi connectivity index (χ2n) is 4.43. The third-order valence-corrected chi connectivity index (χ3v) is 3.07. The molecule has 18 heavy (non-hydrogen) atoms. The smallest absolute Gasteiger partial charge is 0.0700 e. The summed E-state index contributed by atoms with van der Waals surface area (Å²) in [5.41, 5.74) is 7.83. The van der Waals surface area contributed by atoms with Crippen LogP contribution in [0.25, 0.3) is 0 Å². The molecule has 1 aromatic carbocycles. The van der Waals surface area contributed by atoms with Gasteiger partial charge in [0.2, 0.25) is 0 Å². The molecule has 4 heteroatoms. The summed E-state index contributed by atoms with van der Waals surface area (Å²) in [6, 6.07) is 8.35. The fraction of sp³-hybridized carbons (Fsp3) is 0.571. The Hall–Kier alpha value is -1.10. The fourth-order valence-corrected chi connectivity index (χ4v) is 1.72. The summed E-state index contributed by atoms with van der Waals surface area (Å²) in [5.74, 6) is 0. The van der Waals surface area contributed by atoms with Crippen LogP contribution < -0.4 is 5.73 Å². The summed E-state index contributed by atoms with van der Waals surface area (Å²) in [6.07, 6.45) is 0. The second kappa shape index (κ2) is 8.08. The van der Waals surface area contributed by atoms with Crippen LogP contribution in [0.4, 0.5) is 5.69 Å². The molecule has 0 aromatic heterocycles. The first-order valence-electron chi connectivity index (χ1n) is 6.27. The maximum Gasteiger partial charge on any atom is 0.0700 e. The van der Waals surface area contributed by atoms with Crippen molar-refractivity contribution in [1.29, 1.82) is 0 Å². The van der Waals surface area contributed by atoms with E-state index in [0.29, 0.717) is 25.9 Å². The lowest BCUT2D eigenvalue weighted by Crippen LogP contribution is -2.27. The van der Waals surface area contributed by atoms with E-state index in [1.807, 2.05) is 18.2 Å². The van der Waals surface area contributed by atoms with Gasteiger partial charge in [-0.25, -0.2) is 0 Å². The molecule has 1 aromatic rings. The number of nitrogens with zero attached hydrogens (tertiary/aromatic N) is 1. The van der Waals surface area contributed by atoms with E-state index in [9.17, 15) is 0 Å². The summed E-state index contributed by atoms with van der Waals surface area (Å²) in [7, 11) is 3.77. The van der Waals surface area contributed by atoms with E-state index in [4.69, 9.17) is 15.2 Å². The van der Waals surface area contributed by atoms with Crippen LogP contribution >= 0.6 is 0 Å². The molecule has 0 heterocycles. The third-order valence-electron chi connectivity index (χ3n) is 3.07. The number of anilines is 1. The van der Waals surface area contributed by atoms with Crippen molar-refractivity contribution in [2.24, 2.45) is 0 Å². The Morgan fingerprint density at radius 2 is 2.06 bits per heavy atom. The molecule has 0 spiro atoms. The Balaban J connectivity index is 2.34. The Labute approximate surface area is 110 Å². The van der Waals surface area contributed by atoms with E-state index in [1.54, 1.807) is 7.11 Å². The highest BCUT2D eigenvalue weighted by Gasteiger charge is 2.11. The van der Waals surface area contributed by atoms with Crippen LogP contribution in [-0.4, -0.2) is 45.4 Å². The van der Waals surface area contributed by atoms with Gasteiger partial charge >= 0.3 is 0 Å². The maximum absolute atomic E-state index is 5.79. The van der Waals surface area contributed by atoms with Crippen LogP contribution in [0.15, 0.2) is 24.3 Å². The molecule has 0 aliphatic rings. The Kier molecular flexibility index (Phi) is 6.72. The molecule has 0 saturated carbocycles.